The highest BCUT2D eigenvalue weighted by Crippen LogP contribution is 2.25. The van der Waals surface area contributed by atoms with E-state index in [1.54, 1.807) is 23.0 Å². The van der Waals surface area contributed by atoms with E-state index in [0.717, 1.165) is 5.69 Å². The van der Waals surface area contributed by atoms with Gasteiger partial charge in [-0.2, -0.15) is 9.78 Å². The van der Waals surface area contributed by atoms with Crippen molar-refractivity contribution in [2.75, 3.05) is 5.32 Å². The first-order valence-electron chi connectivity index (χ1n) is 9.59. The third-order valence-corrected chi connectivity index (χ3v) is 4.67. The summed E-state index contributed by atoms with van der Waals surface area (Å²) < 4.78 is 3.01. The van der Waals surface area contributed by atoms with Gasteiger partial charge in [0.15, 0.2) is 5.82 Å². The Morgan fingerprint density at radius 3 is 2.57 bits per heavy atom. The lowest BCUT2D eigenvalue weighted by Crippen LogP contribution is -2.28. The summed E-state index contributed by atoms with van der Waals surface area (Å²) in [5.74, 6) is 0.746. The first kappa shape index (κ1) is 19.5. The van der Waals surface area contributed by atoms with Crippen molar-refractivity contribution in [2.24, 2.45) is 0 Å². The Hall–Kier alpha value is -3.81. The number of fused-ring (bicyclic) bond motifs is 1. The van der Waals surface area contributed by atoms with E-state index in [0.29, 0.717) is 22.7 Å². The minimum atomic E-state index is -0.342. The number of rotatable bonds is 4. The summed E-state index contributed by atoms with van der Waals surface area (Å²) in [6.07, 6.45) is 2.90. The number of nitrogens with one attached hydrogen (secondary N) is 1. The Bertz CT molecular complexity index is 1270. The minimum absolute atomic E-state index is 0.139. The topological polar surface area (TPSA) is 94.7 Å². The van der Waals surface area contributed by atoms with E-state index >= 15 is 0 Å². The van der Waals surface area contributed by atoms with Crippen LogP contribution in [0.4, 0.5) is 5.82 Å². The predicted molar refractivity (Wildman–Crippen MR) is 115 cm³/mol. The van der Waals surface area contributed by atoms with Crippen LogP contribution in [0.2, 0.25) is 0 Å². The van der Waals surface area contributed by atoms with E-state index in [1.807, 2.05) is 57.2 Å². The summed E-state index contributed by atoms with van der Waals surface area (Å²) in [5.41, 5.74) is 1.53. The SMILES string of the molecule is CC(C)(C)c1cc(NC(=O)Cn2c(=O)cnc3ccccc32)n(-c2ccccn2)n1. The minimum Gasteiger partial charge on any atom is -0.309 e. The lowest BCUT2D eigenvalue weighted by molar-refractivity contribution is -0.116. The molecule has 8 nitrogen and oxygen atoms in total. The summed E-state index contributed by atoms with van der Waals surface area (Å²) >= 11 is 0. The molecule has 0 saturated carbocycles. The average Bonchev–Trinajstić information content (AvgIpc) is 3.15. The van der Waals surface area contributed by atoms with Crippen LogP contribution in [0.5, 0.6) is 0 Å². The van der Waals surface area contributed by atoms with E-state index in [-0.39, 0.29) is 23.4 Å². The fraction of sp³-hybridized carbons (Fsp3) is 0.227. The van der Waals surface area contributed by atoms with Crippen LogP contribution in [0.1, 0.15) is 26.5 Å². The number of nitrogens with zero attached hydrogens (tertiary/aromatic N) is 5. The summed E-state index contributed by atoms with van der Waals surface area (Å²) in [6.45, 7) is 6.01. The molecule has 0 aliphatic heterocycles. The van der Waals surface area contributed by atoms with E-state index in [2.05, 4.69) is 20.4 Å². The zero-order valence-corrected chi connectivity index (χ0v) is 17.0. The third kappa shape index (κ3) is 3.84. The van der Waals surface area contributed by atoms with Crippen LogP contribution >= 0.6 is 0 Å². The van der Waals surface area contributed by atoms with E-state index in [1.165, 1.54) is 10.8 Å². The average molecular weight is 402 g/mol. The molecule has 0 aliphatic rings. The smallest absolute Gasteiger partial charge is 0.269 e. The highest BCUT2D eigenvalue weighted by atomic mass is 16.2. The number of aromatic nitrogens is 5. The van der Waals surface area contributed by atoms with Gasteiger partial charge < -0.3 is 5.32 Å². The molecule has 1 amide bonds. The fourth-order valence-electron chi connectivity index (χ4n) is 3.09. The summed E-state index contributed by atoms with van der Waals surface area (Å²) in [4.78, 5) is 33.7. The van der Waals surface area contributed by atoms with Gasteiger partial charge in [0.2, 0.25) is 5.91 Å². The molecular weight excluding hydrogens is 380 g/mol. The highest BCUT2D eigenvalue weighted by molar-refractivity contribution is 5.91. The molecule has 0 fully saturated rings. The molecule has 0 unspecified atom stereocenters. The summed E-state index contributed by atoms with van der Waals surface area (Å²) in [7, 11) is 0. The van der Waals surface area contributed by atoms with Gasteiger partial charge in [0.25, 0.3) is 5.56 Å². The number of para-hydroxylation sites is 2. The standard InChI is InChI=1S/C22H22N6O2/c1-22(2,3)17-12-19(28(26-17)18-10-6-7-11-23-18)25-20(29)14-27-16-9-5-4-8-15(16)24-13-21(27)30/h4-13H,14H2,1-3H3,(H,25,29). The van der Waals surface area contributed by atoms with E-state index in [4.69, 9.17) is 0 Å². The number of benzene rings is 1. The Labute approximate surface area is 173 Å². The Morgan fingerprint density at radius 1 is 1.07 bits per heavy atom. The molecule has 30 heavy (non-hydrogen) atoms. The number of hydrogen-bond acceptors (Lipinski definition) is 5. The van der Waals surface area contributed by atoms with Crippen LogP contribution < -0.4 is 10.9 Å². The second-order valence-corrected chi connectivity index (χ2v) is 7.98. The Balaban J connectivity index is 1.68. The summed E-state index contributed by atoms with van der Waals surface area (Å²) in [6, 6.07) is 14.5. The van der Waals surface area contributed by atoms with Crippen molar-refractivity contribution in [3.8, 4) is 5.82 Å². The third-order valence-electron chi connectivity index (χ3n) is 4.67. The molecule has 1 aromatic carbocycles. The lowest BCUT2D eigenvalue weighted by atomic mass is 9.92. The molecule has 1 N–H and O–H groups in total. The second-order valence-electron chi connectivity index (χ2n) is 7.98. The first-order valence-corrected chi connectivity index (χ1v) is 9.59. The Kier molecular flexibility index (Phi) is 4.91. The number of amides is 1. The number of pyridine rings is 1. The molecule has 0 bridgehead atoms. The van der Waals surface area contributed by atoms with Crippen molar-refractivity contribution in [2.45, 2.75) is 32.7 Å². The second kappa shape index (κ2) is 7.55. The zero-order valence-electron chi connectivity index (χ0n) is 17.0. The van der Waals surface area contributed by atoms with Gasteiger partial charge in [0.05, 0.1) is 22.9 Å². The van der Waals surface area contributed by atoms with Gasteiger partial charge in [0, 0.05) is 17.7 Å². The Morgan fingerprint density at radius 2 is 1.83 bits per heavy atom. The van der Waals surface area contributed by atoms with Crippen LogP contribution in [0.25, 0.3) is 16.9 Å². The van der Waals surface area contributed by atoms with Crippen molar-refractivity contribution in [3.63, 3.8) is 0 Å². The maximum Gasteiger partial charge on any atom is 0.269 e. The van der Waals surface area contributed by atoms with Crippen LogP contribution in [-0.2, 0) is 16.8 Å². The fourth-order valence-corrected chi connectivity index (χ4v) is 3.09. The summed E-state index contributed by atoms with van der Waals surface area (Å²) in [5, 5.41) is 7.52. The van der Waals surface area contributed by atoms with Gasteiger partial charge >= 0.3 is 0 Å². The van der Waals surface area contributed by atoms with Crippen LogP contribution in [0.15, 0.2) is 65.7 Å². The number of carbonyl (C=O) groups is 1. The van der Waals surface area contributed by atoms with Crippen molar-refractivity contribution in [1.82, 2.24) is 24.3 Å². The van der Waals surface area contributed by atoms with E-state index < -0.39 is 0 Å². The van der Waals surface area contributed by atoms with Gasteiger partial charge in [-0.05, 0) is 24.3 Å². The maximum atomic E-state index is 12.9. The van der Waals surface area contributed by atoms with Crippen molar-refractivity contribution in [1.29, 1.82) is 0 Å². The normalized spacial score (nSPS) is 11.6. The number of anilines is 1. The van der Waals surface area contributed by atoms with Gasteiger partial charge in [-0.3, -0.25) is 14.2 Å². The van der Waals surface area contributed by atoms with Gasteiger partial charge in [-0.15, -0.1) is 0 Å². The molecule has 152 valence electrons. The quantitative estimate of drug-likeness (QED) is 0.566. The van der Waals surface area contributed by atoms with Crippen LogP contribution in [0, 0.1) is 0 Å². The lowest BCUT2D eigenvalue weighted by Gasteiger charge is -2.13. The van der Waals surface area contributed by atoms with Gasteiger partial charge in [-0.1, -0.05) is 39.0 Å². The maximum absolute atomic E-state index is 12.9. The van der Waals surface area contributed by atoms with Crippen molar-refractivity contribution < 1.29 is 4.79 Å². The molecule has 0 saturated heterocycles. The first-order chi connectivity index (χ1) is 14.3. The molecular formula is C22H22N6O2. The molecule has 3 heterocycles. The molecule has 0 atom stereocenters. The molecule has 0 aliphatic carbocycles. The highest BCUT2D eigenvalue weighted by Gasteiger charge is 2.22. The molecule has 4 aromatic rings. The van der Waals surface area contributed by atoms with Crippen molar-refractivity contribution >= 4 is 22.8 Å². The number of hydrogen-bond donors (Lipinski definition) is 1. The van der Waals surface area contributed by atoms with Crippen LogP contribution in [0.3, 0.4) is 0 Å². The van der Waals surface area contributed by atoms with E-state index in [9.17, 15) is 9.59 Å². The van der Waals surface area contributed by atoms with Crippen LogP contribution in [-0.4, -0.2) is 30.2 Å². The van der Waals surface area contributed by atoms with Gasteiger partial charge in [-0.25, -0.2) is 9.97 Å². The molecule has 0 spiro atoms. The molecule has 3 aromatic heterocycles. The predicted octanol–water partition coefficient (Wildman–Crippen LogP) is 2.91. The monoisotopic (exact) mass is 402 g/mol. The zero-order chi connectivity index (χ0) is 21.3. The molecule has 0 radical (unpaired) electrons. The van der Waals surface area contributed by atoms with Crippen molar-refractivity contribution in [3.05, 3.63) is 77.0 Å². The number of carbonyl (C=O) groups excluding carboxylic acids is 1. The molecule has 8 heteroatoms. The van der Waals surface area contributed by atoms with Gasteiger partial charge in [0.1, 0.15) is 12.4 Å². The largest absolute Gasteiger partial charge is 0.309 e. The molecule has 4 rings (SSSR count).